The number of hydrogen-bond donors (Lipinski definition) is 1. The Hall–Kier alpha value is -2.04. The molecule has 0 aliphatic carbocycles. The predicted molar refractivity (Wildman–Crippen MR) is 82.3 cm³/mol. The number of fused-ring (bicyclic) bond motifs is 1. The Morgan fingerprint density at radius 2 is 2.05 bits per heavy atom. The van der Waals surface area contributed by atoms with Crippen molar-refractivity contribution in [1.29, 1.82) is 0 Å². The molecule has 100 valence electrons. The third-order valence-corrected chi connectivity index (χ3v) is 4.28. The first kappa shape index (κ1) is 13.0. The lowest BCUT2D eigenvalue weighted by molar-refractivity contribution is 0.104. The van der Waals surface area contributed by atoms with E-state index in [1.165, 1.54) is 11.3 Å². The summed E-state index contributed by atoms with van der Waals surface area (Å²) in [6.07, 6.45) is 2.32. The fourth-order valence-electron chi connectivity index (χ4n) is 2.21. The first-order chi connectivity index (χ1) is 9.79. The summed E-state index contributed by atoms with van der Waals surface area (Å²) >= 11 is 1.52. The lowest BCUT2D eigenvalue weighted by atomic mass is 10.1. The van der Waals surface area contributed by atoms with E-state index < -0.39 is 0 Å². The number of pyridine rings is 1. The van der Waals surface area contributed by atoms with Gasteiger partial charge < -0.3 is 5.73 Å². The minimum Gasteiger partial charge on any atom is -0.330 e. The van der Waals surface area contributed by atoms with Crippen LogP contribution in [0.25, 0.3) is 10.1 Å². The van der Waals surface area contributed by atoms with E-state index in [0.29, 0.717) is 18.5 Å². The van der Waals surface area contributed by atoms with E-state index in [1.807, 2.05) is 36.4 Å². The summed E-state index contributed by atoms with van der Waals surface area (Å²) < 4.78 is 1.13. The minimum absolute atomic E-state index is 0.0303. The van der Waals surface area contributed by atoms with Gasteiger partial charge in [-0.05, 0) is 36.2 Å². The van der Waals surface area contributed by atoms with Gasteiger partial charge in [-0.25, -0.2) is 0 Å². The molecule has 1 aromatic carbocycles. The van der Waals surface area contributed by atoms with E-state index in [2.05, 4.69) is 4.98 Å². The van der Waals surface area contributed by atoms with Crippen LogP contribution in [0.15, 0.2) is 48.7 Å². The number of nitrogens with two attached hydrogens (primary N) is 1. The van der Waals surface area contributed by atoms with Gasteiger partial charge >= 0.3 is 0 Å². The van der Waals surface area contributed by atoms with Crippen molar-refractivity contribution in [1.82, 2.24) is 4.98 Å². The highest BCUT2D eigenvalue weighted by Gasteiger charge is 2.16. The summed E-state index contributed by atoms with van der Waals surface area (Å²) in [4.78, 5) is 17.7. The van der Waals surface area contributed by atoms with Crippen LogP contribution in [0.2, 0.25) is 0 Å². The molecular weight excluding hydrogens is 268 g/mol. The van der Waals surface area contributed by atoms with Crippen molar-refractivity contribution in [2.75, 3.05) is 6.54 Å². The van der Waals surface area contributed by atoms with Gasteiger partial charge in [-0.1, -0.05) is 18.2 Å². The van der Waals surface area contributed by atoms with Gasteiger partial charge in [0.15, 0.2) is 0 Å². The molecular formula is C16H14N2OS. The first-order valence-electron chi connectivity index (χ1n) is 6.47. The number of thiophene rings is 1. The number of nitrogens with zero attached hydrogens (tertiary/aromatic N) is 1. The largest absolute Gasteiger partial charge is 0.330 e. The monoisotopic (exact) mass is 282 g/mol. The third kappa shape index (κ3) is 2.35. The second-order valence-electron chi connectivity index (χ2n) is 4.51. The van der Waals surface area contributed by atoms with Gasteiger partial charge in [-0.3, -0.25) is 9.78 Å². The number of carbonyl (C=O) groups is 1. The minimum atomic E-state index is 0.0303. The zero-order valence-corrected chi connectivity index (χ0v) is 11.7. The molecule has 2 aromatic heterocycles. The van der Waals surface area contributed by atoms with Crippen LogP contribution in [-0.4, -0.2) is 17.3 Å². The van der Waals surface area contributed by atoms with Crippen LogP contribution < -0.4 is 5.73 Å². The number of carbonyl (C=O) groups excluding carboxylic acids is 1. The zero-order chi connectivity index (χ0) is 13.9. The molecule has 3 rings (SSSR count). The summed E-state index contributed by atoms with van der Waals surface area (Å²) in [6, 6.07) is 13.6. The van der Waals surface area contributed by atoms with Gasteiger partial charge in [0.1, 0.15) is 0 Å². The molecule has 0 spiro atoms. The van der Waals surface area contributed by atoms with Crippen molar-refractivity contribution in [3.05, 3.63) is 64.8 Å². The molecule has 0 fully saturated rings. The van der Waals surface area contributed by atoms with Crippen molar-refractivity contribution < 1.29 is 4.79 Å². The average molecular weight is 282 g/mol. The van der Waals surface area contributed by atoms with E-state index in [1.54, 1.807) is 12.3 Å². The van der Waals surface area contributed by atoms with Crippen LogP contribution in [0.5, 0.6) is 0 Å². The Kier molecular flexibility index (Phi) is 3.58. The molecule has 0 saturated heterocycles. The van der Waals surface area contributed by atoms with Crippen molar-refractivity contribution in [2.24, 2.45) is 5.73 Å². The second kappa shape index (κ2) is 5.53. The fourth-order valence-corrected chi connectivity index (χ4v) is 3.22. The molecule has 0 amide bonds. The quantitative estimate of drug-likeness (QED) is 0.748. The molecule has 0 bridgehead atoms. The van der Waals surface area contributed by atoms with E-state index in [4.69, 9.17) is 5.73 Å². The Labute approximate surface area is 121 Å². The fraction of sp³-hybridized carbons (Fsp3) is 0.125. The number of hydrogen-bond acceptors (Lipinski definition) is 4. The van der Waals surface area contributed by atoms with Crippen molar-refractivity contribution in [3.63, 3.8) is 0 Å². The Morgan fingerprint density at radius 3 is 2.85 bits per heavy atom. The van der Waals surface area contributed by atoms with Crippen LogP contribution in [0.1, 0.15) is 20.9 Å². The summed E-state index contributed by atoms with van der Waals surface area (Å²) in [7, 11) is 0. The van der Waals surface area contributed by atoms with E-state index in [0.717, 1.165) is 20.7 Å². The molecule has 0 unspecified atom stereocenters. The molecule has 0 atom stereocenters. The van der Waals surface area contributed by atoms with Gasteiger partial charge in [-0.2, -0.15) is 0 Å². The molecule has 0 radical (unpaired) electrons. The lowest BCUT2D eigenvalue weighted by Gasteiger charge is -2.04. The summed E-state index contributed by atoms with van der Waals surface area (Å²) in [6.45, 7) is 0.490. The highest BCUT2D eigenvalue weighted by molar-refractivity contribution is 7.21. The molecule has 4 heteroatoms. The van der Waals surface area contributed by atoms with E-state index >= 15 is 0 Å². The maximum Gasteiger partial charge on any atom is 0.204 e. The van der Waals surface area contributed by atoms with Crippen molar-refractivity contribution in [3.8, 4) is 0 Å². The lowest BCUT2D eigenvalue weighted by Crippen LogP contribution is -2.10. The SMILES string of the molecule is NCCc1ncccc1C(=O)c1cc2ccccc2s1. The highest BCUT2D eigenvalue weighted by atomic mass is 32.1. The van der Waals surface area contributed by atoms with Gasteiger partial charge in [0.05, 0.1) is 10.6 Å². The van der Waals surface area contributed by atoms with Crippen LogP contribution in [0, 0.1) is 0 Å². The van der Waals surface area contributed by atoms with Gasteiger partial charge in [0, 0.05) is 22.9 Å². The van der Waals surface area contributed by atoms with Crippen LogP contribution in [0.3, 0.4) is 0 Å². The molecule has 0 aliphatic heterocycles. The molecule has 3 nitrogen and oxygen atoms in total. The number of benzene rings is 1. The number of rotatable bonds is 4. The Morgan fingerprint density at radius 1 is 1.20 bits per heavy atom. The second-order valence-corrected chi connectivity index (χ2v) is 5.60. The maximum absolute atomic E-state index is 12.6. The molecule has 2 N–H and O–H groups in total. The zero-order valence-electron chi connectivity index (χ0n) is 10.9. The van der Waals surface area contributed by atoms with Crippen LogP contribution in [-0.2, 0) is 6.42 Å². The maximum atomic E-state index is 12.6. The summed E-state index contributed by atoms with van der Waals surface area (Å²) in [5.41, 5.74) is 7.01. The van der Waals surface area contributed by atoms with E-state index in [-0.39, 0.29) is 5.78 Å². The Bertz CT molecular complexity index is 731. The standard InChI is InChI=1S/C16H14N2OS/c17-8-7-13-12(5-3-9-18-13)16(19)15-10-11-4-1-2-6-14(11)20-15/h1-6,9-10H,7-8,17H2. The average Bonchev–Trinajstić information content (AvgIpc) is 2.91. The smallest absolute Gasteiger partial charge is 0.204 e. The third-order valence-electron chi connectivity index (χ3n) is 3.17. The van der Waals surface area contributed by atoms with Crippen molar-refractivity contribution >= 4 is 27.2 Å². The predicted octanol–water partition coefficient (Wildman–Crippen LogP) is 3.03. The topological polar surface area (TPSA) is 56.0 Å². The van der Waals surface area contributed by atoms with Crippen LogP contribution in [0.4, 0.5) is 0 Å². The van der Waals surface area contributed by atoms with E-state index in [9.17, 15) is 4.79 Å². The molecule has 20 heavy (non-hydrogen) atoms. The molecule has 0 aliphatic rings. The van der Waals surface area contributed by atoms with Crippen LogP contribution >= 0.6 is 11.3 Å². The van der Waals surface area contributed by atoms with Gasteiger partial charge in [-0.15, -0.1) is 11.3 Å². The molecule has 2 heterocycles. The van der Waals surface area contributed by atoms with Crippen molar-refractivity contribution in [2.45, 2.75) is 6.42 Å². The molecule has 3 aromatic rings. The molecule has 0 saturated carbocycles. The number of ketones is 1. The summed E-state index contributed by atoms with van der Waals surface area (Å²) in [5.74, 6) is 0.0303. The Balaban J connectivity index is 2.04. The normalized spacial score (nSPS) is 10.8. The summed E-state index contributed by atoms with van der Waals surface area (Å²) in [5, 5.41) is 1.10. The van der Waals surface area contributed by atoms with Gasteiger partial charge in [0.25, 0.3) is 0 Å². The first-order valence-corrected chi connectivity index (χ1v) is 7.28. The number of aromatic nitrogens is 1. The van der Waals surface area contributed by atoms with Gasteiger partial charge in [0.2, 0.25) is 5.78 Å². The highest BCUT2D eigenvalue weighted by Crippen LogP contribution is 2.27.